The van der Waals surface area contributed by atoms with Crippen LogP contribution in [-0.2, 0) is 9.59 Å². The number of rotatable bonds is 4. The van der Waals surface area contributed by atoms with Gasteiger partial charge in [0.25, 0.3) is 0 Å². The first-order valence-electron chi connectivity index (χ1n) is 2.11. The van der Waals surface area contributed by atoms with E-state index in [0.717, 1.165) is 0 Å². The minimum atomic E-state index is -0.743. The number of aliphatic hydroxyl groups is 1. The van der Waals surface area contributed by atoms with E-state index in [1.54, 1.807) is 0 Å². The predicted molar refractivity (Wildman–Crippen MR) is 26.1 cm³/mol. The van der Waals surface area contributed by atoms with Crippen molar-refractivity contribution in [3.63, 3.8) is 0 Å². The van der Waals surface area contributed by atoms with Crippen LogP contribution in [0.1, 0.15) is 0 Å². The van der Waals surface area contributed by atoms with Crippen molar-refractivity contribution in [2.45, 2.75) is 6.04 Å². The van der Waals surface area contributed by atoms with Crippen LogP contribution < -0.4 is 5.32 Å². The summed E-state index contributed by atoms with van der Waals surface area (Å²) in [6.45, 7) is -0.345. The number of amides is 1. The van der Waals surface area contributed by atoms with E-state index >= 15 is 0 Å². The smallest absolute Gasteiger partial charge is 0.207 e. The number of aldehydes is 1. The molecule has 1 unspecified atom stereocenters. The van der Waals surface area contributed by atoms with Crippen molar-refractivity contribution in [1.82, 2.24) is 5.32 Å². The Morgan fingerprint density at radius 1 is 1.62 bits per heavy atom. The Bertz CT molecular complexity index is 83.4. The standard InChI is InChI=1S/C4H7NO3/c6-1-4(2-7)5-3-8/h1,3-4,7H,2H2,(H,5,8). The molecule has 0 aliphatic carbocycles. The number of carbonyl (C=O) groups is 2. The predicted octanol–water partition coefficient (Wildman–Crippen LogP) is -1.71. The van der Waals surface area contributed by atoms with Crippen molar-refractivity contribution >= 4 is 12.7 Å². The largest absolute Gasteiger partial charge is 0.394 e. The van der Waals surface area contributed by atoms with Gasteiger partial charge in [-0.25, -0.2) is 0 Å². The van der Waals surface area contributed by atoms with E-state index in [9.17, 15) is 9.59 Å². The van der Waals surface area contributed by atoms with Crippen LogP contribution in [0.2, 0.25) is 0 Å². The second-order valence-corrected chi connectivity index (χ2v) is 1.21. The molecular formula is C4H7NO3. The Kier molecular flexibility index (Phi) is 3.78. The number of hydrogen-bond acceptors (Lipinski definition) is 3. The van der Waals surface area contributed by atoms with E-state index in [2.05, 4.69) is 5.32 Å². The highest BCUT2D eigenvalue weighted by Gasteiger charge is 1.99. The van der Waals surface area contributed by atoms with Crippen LogP contribution in [0.25, 0.3) is 0 Å². The van der Waals surface area contributed by atoms with Crippen molar-refractivity contribution < 1.29 is 14.7 Å². The van der Waals surface area contributed by atoms with Gasteiger partial charge < -0.3 is 15.2 Å². The first kappa shape index (κ1) is 7.10. The molecule has 0 aliphatic heterocycles. The normalized spacial score (nSPS) is 12.1. The maximum atomic E-state index is 9.74. The van der Waals surface area contributed by atoms with Gasteiger partial charge in [0, 0.05) is 0 Å². The Morgan fingerprint density at radius 2 is 2.25 bits per heavy atom. The van der Waals surface area contributed by atoms with Crippen LogP contribution in [0.4, 0.5) is 0 Å². The highest BCUT2D eigenvalue weighted by Crippen LogP contribution is 1.68. The van der Waals surface area contributed by atoms with Crippen LogP contribution in [0, 0.1) is 0 Å². The molecule has 0 saturated carbocycles. The highest BCUT2D eigenvalue weighted by molar-refractivity contribution is 5.63. The third-order valence-electron chi connectivity index (χ3n) is 0.643. The summed E-state index contributed by atoms with van der Waals surface area (Å²) in [5.74, 6) is 0. The lowest BCUT2D eigenvalue weighted by Crippen LogP contribution is -2.32. The second-order valence-electron chi connectivity index (χ2n) is 1.21. The van der Waals surface area contributed by atoms with Crippen LogP contribution in [0.3, 0.4) is 0 Å². The molecule has 4 nitrogen and oxygen atoms in total. The molecule has 0 heterocycles. The van der Waals surface area contributed by atoms with Crippen molar-refractivity contribution in [3.05, 3.63) is 0 Å². The van der Waals surface area contributed by atoms with Crippen molar-refractivity contribution in [2.75, 3.05) is 6.61 Å². The lowest BCUT2D eigenvalue weighted by molar-refractivity contribution is -0.116. The van der Waals surface area contributed by atoms with Gasteiger partial charge in [-0.1, -0.05) is 0 Å². The molecule has 0 aliphatic rings. The zero-order valence-electron chi connectivity index (χ0n) is 4.20. The van der Waals surface area contributed by atoms with Crippen LogP contribution in [0.15, 0.2) is 0 Å². The Balaban J connectivity index is 3.35. The molecule has 1 atom stereocenters. The molecule has 4 heteroatoms. The number of nitrogens with one attached hydrogen (secondary N) is 1. The fourth-order valence-electron chi connectivity index (χ4n) is 0.222. The molecule has 8 heavy (non-hydrogen) atoms. The molecular weight excluding hydrogens is 110 g/mol. The second kappa shape index (κ2) is 4.26. The van der Waals surface area contributed by atoms with Gasteiger partial charge >= 0.3 is 0 Å². The van der Waals surface area contributed by atoms with Gasteiger partial charge in [-0.2, -0.15) is 0 Å². The fourth-order valence-corrected chi connectivity index (χ4v) is 0.222. The summed E-state index contributed by atoms with van der Waals surface area (Å²) in [4.78, 5) is 19.3. The summed E-state index contributed by atoms with van der Waals surface area (Å²) in [5.41, 5.74) is 0. The van der Waals surface area contributed by atoms with Gasteiger partial charge in [-0.3, -0.25) is 4.79 Å². The Morgan fingerprint density at radius 3 is 2.38 bits per heavy atom. The van der Waals surface area contributed by atoms with Crippen LogP contribution >= 0.6 is 0 Å². The SMILES string of the molecule is O=CNC(C=O)CO. The number of hydrogen-bond donors (Lipinski definition) is 2. The van der Waals surface area contributed by atoms with E-state index in [1.807, 2.05) is 0 Å². The summed E-state index contributed by atoms with van der Waals surface area (Å²) >= 11 is 0. The molecule has 46 valence electrons. The molecule has 0 rings (SSSR count). The van der Waals surface area contributed by atoms with Gasteiger partial charge in [0.15, 0.2) is 0 Å². The lowest BCUT2D eigenvalue weighted by Gasteiger charge is -2.00. The van der Waals surface area contributed by atoms with Gasteiger partial charge in [0.05, 0.1) is 6.61 Å². The third kappa shape index (κ3) is 2.30. The van der Waals surface area contributed by atoms with Gasteiger partial charge in [-0.15, -0.1) is 0 Å². The molecule has 1 amide bonds. The first-order chi connectivity index (χ1) is 3.85. The minimum absolute atomic E-state index is 0.345. The number of carbonyl (C=O) groups excluding carboxylic acids is 2. The summed E-state index contributed by atoms with van der Waals surface area (Å²) in [7, 11) is 0. The molecule has 0 aromatic carbocycles. The van der Waals surface area contributed by atoms with Gasteiger partial charge in [0.2, 0.25) is 6.41 Å². The quantitative estimate of drug-likeness (QED) is 0.431. The highest BCUT2D eigenvalue weighted by atomic mass is 16.3. The first-order valence-corrected chi connectivity index (χ1v) is 2.11. The maximum Gasteiger partial charge on any atom is 0.207 e. The summed E-state index contributed by atoms with van der Waals surface area (Å²) in [6, 6.07) is -0.743. The molecule has 0 aromatic rings. The van der Waals surface area contributed by atoms with Gasteiger partial charge in [-0.05, 0) is 0 Å². The van der Waals surface area contributed by atoms with Crippen molar-refractivity contribution in [3.8, 4) is 0 Å². The molecule has 0 aromatic heterocycles. The molecule has 0 saturated heterocycles. The molecule has 0 bridgehead atoms. The molecule has 2 N–H and O–H groups in total. The van der Waals surface area contributed by atoms with E-state index < -0.39 is 6.04 Å². The Labute approximate surface area is 46.5 Å². The maximum absolute atomic E-state index is 9.74. The molecule has 0 spiro atoms. The monoisotopic (exact) mass is 117 g/mol. The molecule has 0 radical (unpaired) electrons. The molecule has 0 fully saturated rings. The van der Waals surface area contributed by atoms with Crippen molar-refractivity contribution in [2.24, 2.45) is 0 Å². The zero-order valence-corrected chi connectivity index (χ0v) is 4.20. The number of aliphatic hydroxyl groups excluding tert-OH is 1. The minimum Gasteiger partial charge on any atom is -0.394 e. The Hall–Kier alpha value is -0.900. The average Bonchev–Trinajstić information content (AvgIpc) is 1.83. The summed E-state index contributed by atoms with van der Waals surface area (Å²) < 4.78 is 0. The van der Waals surface area contributed by atoms with Crippen molar-refractivity contribution in [1.29, 1.82) is 0 Å². The van der Waals surface area contributed by atoms with E-state index in [4.69, 9.17) is 5.11 Å². The summed E-state index contributed by atoms with van der Waals surface area (Å²) in [6.07, 6.45) is 0.837. The zero-order chi connectivity index (χ0) is 6.41. The van der Waals surface area contributed by atoms with E-state index in [0.29, 0.717) is 12.7 Å². The van der Waals surface area contributed by atoms with Crippen LogP contribution in [-0.4, -0.2) is 30.5 Å². The lowest BCUT2D eigenvalue weighted by atomic mass is 10.4. The summed E-state index contributed by atoms with van der Waals surface area (Å²) in [5, 5.41) is 10.3. The van der Waals surface area contributed by atoms with Crippen LogP contribution in [0.5, 0.6) is 0 Å². The van der Waals surface area contributed by atoms with Gasteiger partial charge in [0.1, 0.15) is 12.3 Å². The average molecular weight is 117 g/mol. The van der Waals surface area contributed by atoms with E-state index in [-0.39, 0.29) is 6.61 Å². The van der Waals surface area contributed by atoms with E-state index in [1.165, 1.54) is 0 Å². The topological polar surface area (TPSA) is 66.4 Å². The third-order valence-corrected chi connectivity index (χ3v) is 0.643. The fraction of sp³-hybridized carbons (Fsp3) is 0.500.